The van der Waals surface area contributed by atoms with Gasteiger partial charge in [-0.1, -0.05) is 0 Å². The largest absolute Gasteiger partial charge is 0.382 e. The van der Waals surface area contributed by atoms with Gasteiger partial charge in [0.2, 0.25) is 5.91 Å². The van der Waals surface area contributed by atoms with Gasteiger partial charge in [0.15, 0.2) is 5.82 Å². The summed E-state index contributed by atoms with van der Waals surface area (Å²) < 4.78 is 0. The van der Waals surface area contributed by atoms with Gasteiger partial charge >= 0.3 is 0 Å². The molecule has 0 spiro atoms. The number of hydrogen-bond acceptors (Lipinski definition) is 4. The Balaban J connectivity index is 1.67. The molecule has 1 aromatic heterocycles. The van der Waals surface area contributed by atoms with E-state index in [1.807, 2.05) is 0 Å². The highest BCUT2D eigenvalue weighted by atomic mass is 16.2. The van der Waals surface area contributed by atoms with Gasteiger partial charge in [-0.3, -0.25) is 14.7 Å². The van der Waals surface area contributed by atoms with Crippen LogP contribution in [-0.2, 0) is 4.79 Å². The van der Waals surface area contributed by atoms with Crippen LogP contribution in [0.25, 0.3) is 0 Å². The molecule has 1 aliphatic rings. The molecular formula is C12H19N5O2. The topological polar surface area (TPSA) is 113 Å². The van der Waals surface area contributed by atoms with Crippen LogP contribution < -0.4 is 16.4 Å². The highest BCUT2D eigenvalue weighted by Crippen LogP contribution is 2.18. The zero-order valence-electron chi connectivity index (χ0n) is 11.0. The molecule has 0 aliphatic heterocycles. The quantitative estimate of drug-likeness (QED) is 0.546. The molecule has 1 aromatic rings. The fraction of sp³-hybridized carbons (Fsp3) is 0.583. The van der Waals surface area contributed by atoms with Gasteiger partial charge < -0.3 is 16.4 Å². The number of nitrogens with zero attached hydrogens (tertiary/aromatic N) is 1. The number of aromatic amines is 1. The Morgan fingerprint density at radius 2 is 2.21 bits per heavy atom. The van der Waals surface area contributed by atoms with Gasteiger partial charge in [0.05, 0.1) is 0 Å². The van der Waals surface area contributed by atoms with Crippen molar-refractivity contribution in [2.45, 2.75) is 38.6 Å². The third-order valence-corrected chi connectivity index (χ3v) is 3.01. The molecule has 0 unspecified atom stereocenters. The Bertz CT molecular complexity index is 459. The van der Waals surface area contributed by atoms with Crippen molar-refractivity contribution < 1.29 is 9.59 Å². The zero-order chi connectivity index (χ0) is 13.8. The van der Waals surface area contributed by atoms with Gasteiger partial charge in [0, 0.05) is 24.7 Å². The predicted octanol–water partition coefficient (Wildman–Crippen LogP) is 0.0889. The minimum absolute atomic E-state index is 0.0516. The number of aryl methyl sites for hydroxylation is 1. The molecule has 2 rings (SSSR count). The Hall–Kier alpha value is -2.05. The fourth-order valence-electron chi connectivity index (χ4n) is 1.80. The Morgan fingerprint density at radius 1 is 1.47 bits per heavy atom. The van der Waals surface area contributed by atoms with Crippen LogP contribution in [-0.4, -0.2) is 34.6 Å². The van der Waals surface area contributed by atoms with Gasteiger partial charge in [-0.25, -0.2) is 0 Å². The third kappa shape index (κ3) is 3.70. The second-order valence-electron chi connectivity index (χ2n) is 4.81. The van der Waals surface area contributed by atoms with Crippen LogP contribution in [0.3, 0.4) is 0 Å². The van der Waals surface area contributed by atoms with E-state index in [1.54, 1.807) is 6.92 Å². The summed E-state index contributed by atoms with van der Waals surface area (Å²) in [4.78, 5) is 23.2. The lowest BCUT2D eigenvalue weighted by atomic mass is 10.2. The summed E-state index contributed by atoms with van der Waals surface area (Å²) in [6, 6.07) is 0.385. The number of nitrogen functional groups attached to an aromatic ring is 1. The number of amides is 2. The summed E-state index contributed by atoms with van der Waals surface area (Å²) in [5.74, 6) is -0.0106. The summed E-state index contributed by atoms with van der Waals surface area (Å²) in [6.07, 6.45) is 3.21. The fourth-order valence-corrected chi connectivity index (χ4v) is 1.80. The molecule has 104 valence electrons. The maximum absolute atomic E-state index is 11.8. The normalized spacial score (nSPS) is 14.2. The molecule has 1 fully saturated rings. The van der Waals surface area contributed by atoms with Crippen molar-refractivity contribution in [3.63, 3.8) is 0 Å². The molecule has 19 heavy (non-hydrogen) atoms. The number of anilines is 1. The summed E-state index contributed by atoms with van der Waals surface area (Å²) in [6.45, 7) is 2.18. The van der Waals surface area contributed by atoms with Gasteiger partial charge in [-0.2, -0.15) is 5.10 Å². The van der Waals surface area contributed by atoms with E-state index in [0.717, 1.165) is 12.8 Å². The Labute approximate surface area is 111 Å². The first-order chi connectivity index (χ1) is 9.08. The first-order valence-corrected chi connectivity index (χ1v) is 6.46. The summed E-state index contributed by atoms with van der Waals surface area (Å²) >= 11 is 0. The van der Waals surface area contributed by atoms with Gasteiger partial charge in [0.1, 0.15) is 5.56 Å². The maximum Gasteiger partial charge on any atom is 0.256 e. The average molecular weight is 265 g/mol. The lowest BCUT2D eigenvalue weighted by molar-refractivity contribution is -0.121. The summed E-state index contributed by atoms with van der Waals surface area (Å²) in [5, 5.41) is 12.0. The van der Waals surface area contributed by atoms with E-state index < -0.39 is 0 Å². The van der Waals surface area contributed by atoms with Crippen molar-refractivity contribution in [1.29, 1.82) is 0 Å². The molecule has 1 aliphatic carbocycles. The third-order valence-electron chi connectivity index (χ3n) is 3.01. The van der Waals surface area contributed by atoms with Crippen LogP contribution in [0.1, 0.15) is 41.7 Å². The number of nitrogens with one attached hydrogen (secondary N) is 3. The van der Waals surface area contributed by atoms with Crippen molar-refractivity contribution in [1.82, 2.24) is 20.8 Å². The molecule has 0 saturated heterocycles. The second kappa shape index (κ2) is 5.73. The van der Waals surface area contributed by atoms with Crippen molar-refractivity contribution >= 4 is 17.6 Å². The first-order valence-electron chi connectivity index (χ1n) is 6.46. The van der Waals surface area contributed by atoms with Crippen LogP contribution in [0, 0.1) is 6.92 Å². The first kappa shape index (κ1) is 13.4. The average Bonchev–Trinajstić information content (AvgIpc) is 3.10. The van der Waals surface area contributed by atoms with Gasteiger partial charge in [0.25, 0.3) is 5.91 Å². The highest BCUT2D eigenvalue weighted by molar-refractivity contribution is 5.99. The molecule has 1 saturated carbocycles. The van der Waals surface area contributed by atoms with Crippen molar-refractivity contribution in [2.24, 2.45) is 0 Å². The minimum atomic E-state index is -0.258. The van der Waals surface area contributed by atoms with Crippen molar-refractivity contribution in [2.75, 3.05) is 12.3 Å². The van der Waals surface area contributed by atoms with E-state index >= 15 is 0 Å². The van der Waals surface area contributed by atoms with Crippen LogP contribution >= 0.6 is 0 Å². The maximum atomic E-state index is 11.8. The lowest BCUT2D eigenvalue weighted by Gasteiger charge is -2.05. The molecule has 5 N–H and O–H groups in total. The number of hydrogen-bond donors (Lipinski definition) is 4. The number of H-pyrrole nitrogens is 1. The van der Waals surface area contributed by atoms with E-state index in [9.17, 15) is 9.59 Å². The smallest absolute Gasteiger partial charge is 0.256 e. The summed E-state index contributed by atoms with van der Waals surface area (Å²) in [7, 11) is 0. The van der Waals surface area contributed by atoms with Crippen LogP contribution in [0.2, 0.25) is 0 Å². The second-order valence-corrected chi connectivity index (χ2v) is 4.81. The van der Waals surface area contributed by atoms with Crippen LogP contribution in [0.5, 0.6) is 0 Å². The number of aromatic nitrogens is 2. The SMILES string of the molecule is Cc1[nH]nc(N)c1C(=O)NCCCC(=O)NC1CC1. The van der Waals surface area contributed by atoms with Crippen LogP contribution in [0.4, 0.5) is 5.82 Å². The molecule has 0 bridgehead atoms. The number of rotatable bonds is 6. The highest BCUT2D eigenvalue weighted by Gasteiger charge is 2.22. The Morgan fingerprint density at radius 3 is 2.79 bits per heavy atom. The monoisotopic (exact) mass is 265 g/mol. The van der Waals surface area contributed by atoms with E-state index in [2.05, 4.69) is 20.8 Å². The molecule has 0 aromatic carbocycles. The Kier molecular flexibility index (Phi) is 4.03. The zero-order valence-corrected chi connectivity index (χ0v) is 11.0. The lowest BCUT2D eigenvalue weighted by Crippen LogP contribution is -2.28. The number of carbonyl (C=O) groups excluding carboxylic acids is 2. The van der Waals surface area contributed by atoms with E-state index in [-0.39, 0.29) is 17.6 Å². The van der Waals surface area contributed by atoms with Crippen molar-refractivity contribution in [3.05, 3.63) is 11.3 Å². The molecule has 0 atom stereocenters. The van der Waals surface area contributed by atoms with Crippen LogP contribution in [0.15, 0.2) is 0 Å². The predicted molar refractivity (Wildman–Crippen MR) is 70.5 cm³/mol. The molecule has 7 heteroatoms. The molecule has 2 amide bonds. The van der Waals surface area contributed by atoms with E-state index in [4.69, 9.17) is 5.73 Å². The molecule has 0 radical (unpaired) electrons. The molecule has 1 heterocycles. The number of nitrogens with two attached hydrogens (primary N) is 1. The minimum Gasteiger partial charge on any atom is -0.382 e. The van der Waals surface area contributed by atoms with E-state index in [0.29, 0.717) is 36.7 Å². The van der Waals surface area contributed by atoms with E-state index in [1.165, 1.54) is 0 Å². The van der Waals surface area contributed by atoms with Gasteiger partial charge in [-0.15, -0.1) is 0 Å². The van der Waals surface area contributed by atoms with Crippen molar-refractivity contribution in [3.8, 4) is 0 Å². The van der Waals surface area contributed by atoms with Gasteiger partial charge in [-0.05, 0) is 26.2 Å². The standard InChI is InChI=1S/C12H19N5O2/c1-7-10(11(13)17-16-7)12(19)14-6-2-3-9(18)15-8-4-5-8/h8H,2-6H2,1H3,(H,14,19)(H,15,18)(H3,13,16,17). The molecular weight excluding hydrogens is 246 g/mol. The summed E-state index contributed by atoms with van der Waals surface area (Å²) in [5.41, 5.74) is 6.61. The number of carbonyl (C=O) groups is 2. The molecule has 7 nitrogen and oxygen atoms in total.